The maximum Gasteiger partial charge on any atom is 0.370 e. The van der Waals surface area contributed by atoms with Crippen LogP contribution in [0.4, 0.5) is 8.78 Å². The van der Waals surface area contributed by atoms with Gasteiger partial charge in [0.1, 0.15) is 0 Å². The first kappa shape index (κ1) is 14.2. The number of halogens is 2. The molecule has 1 aliphatic rings. The largest absolute Gasteiger partial charge is 0.370 e. The fourth-order valence-electron chi connectivity index (χ4n) is 1.97. The summed E-state index contributed by atoms with van der Waals surface area (Å²) in [4.78, 5) is 0. The van der Waals surface area contributed by atoms with E-state index in [0.717, 1.165) is 18.6 Å². The second-order valence-electron chi connectivity index (χ2n) is 4.16. The van der Waals surface area contributed by atoms with Gasteiger partial charge < -0.3 is 0 Å². The molecular formula is C9H16F2O3S2. The van der Waals surface area contributed by atoms with Gasteiger partial charge in [-0.1, -0.05) is 13.3 Å². The lowest BCUT2D eigenvalue weighted by molar-refractivity contribution is 0.0485. The second kappa shape index (κ2) is 5.18. The smallest absolute Gasteiger partial charge is 0.281 e. The number of rotatable bonds is 5. The summed E-state index contributed by atoms with van der Waals surface area (Å²) >= 11 is 1.57. The molecule has 0 amide bonds. The molecule has 1 heterocycles. The normalized spacial score (nSPS) is 27.2. The van der Waals surface area contributed by atoms with E-state index in [1.807, 2.05) is 6.92 Å². The molecule has 16 heavy (non-hydrogen) atoms. The minimum atomic E-state index is -5.27. The van der Waals surface area contributed by atoms with Crippen molar-refractivity contribution >= 4 is 21.9 Å². The van der Waals surface area contributed by atoms with E-state index in [9.17, 15) is 17.2 Å². The number of hydrogen-bond donors (Lipinski definition) is 1. The van der Waals surface area contributed by atoms with Crippen LogP contribution in [0.5, 0.6) is 0 Å². The first-order chi connectivity index (χ1) is 7.28. The lowest BCUT2D eigenvalue weighted by atomic mass is 9.89. The lowest BCUT2D eigenvalue weighted by Gasteiger charge is -2.22. The Hall–Kier alpha value is 0.120. The van der Waals surface area contributed by atoms with Gasteiger partial charge in [0.05, 0.1) is 0 Å². The monoisotopic (exact) mass is 274 g/mol. The van der Waals surface area contributed by atoms with Crippen LogP contribution in [0, 0.1) is 11.8 Å². The van der Waals surface area contributed by atoms with Crippen LogP contribution in [0.1, 0.15) is 26.2 Å². The van der Waals surface area contributed by atoms with Gasteiger partial charge in [-0.3, -0.25) is 4.55 Å². The summed E-state index contributed by atoms with van der Waals surface area (Å²) in [5, 5.41) is -4.01. The summed E-state index contributed by atoms with van der Waals surface area (Å²) in [6.45, 7) is 1.97. The third-order valence-electron chi connectivity index (χ3n) is 2.87. The van der Waals surface area contributed by atoms with Crippen molar-refractivity contribution in [3.63, 3.8) is 0 Å². The zero-order valence-electron chi connectivity index (χ0n) is 9.03. The van der Waals surface area contributed by atoms with Gasteiger partial charge in [-0.05, 0) is 29.8 Å². The third-order valence-corrected chi connectivity index (χ3v) is 5.12. The highest BCUT2D eigenvalue weighted by Crippen LogP contribution is 2.40. The van der Waals surface area contributed by atoms with Crippen LogP contribution in [0.15, 0.2) is 0 Å². The Balaban J connectivity index is 2.66. The van der Waals surface area contributed by atoms with Gasteiger partial charge in [0.15, 0.2) is 0 Å². The maximum absolute atomic E-state index is 13.1. The maximum atomic E-state index is 13.1. The average molecular weight is 274 g/mol. The molecule has 1 saturated heterocycles. The first-order valence-corrected chi connectivity index (χ1v) is 7.80. The van der Waals surface area contributed by atoms with Crippen molar-refractivity contribution in [3.8, 4) is 0 Å². The molecule has 0 radical (unpaired) electrons. The fraction of sp³-hybridized carbons (Fsp3) is 1.00. The predicted molar refractivity (Wildman–Crippen MR) is 60.3 cm³/mol. The SMILES string of the molecule is CCCC1CSCC1CC(F)(F)S(=O)(=O)O. The summed E-state index contributed by atoms with van der Waals surface area (Å²) in [5.74, 6) is 1.18. The van der Waals surface area contributed by atoms with E-state index in [1.165, 1.54) is 0 Å². The highest BCUT2D eigenvalue weighted by molar-refractivity contribution is 7.99. The van der Waals surface area contributed by atoms with Gasteiger partial charge in [0.2, 0.25) is 0 Å². The van der Waals surface area contributed by atoms with Crippen LogP contribution in [0.2, 0.25) is 0 Å². The van der Waals surface area contributed by atoms with Gasteiger partial charge in [-0.15, -0.1) is 0 Å². The van der Waals surface area contributed by atoms with Crippen molar-refractivity contribution in [2.45, 2.75) is 31.4 Å². The van der Waals surface area contributed by atoms with Crippen molar-refractivity contribution in [1.29, 1.82) is 0 Å². The van der Waals surface area contributed by atoms with Crippen molar-refractivity contribution in [2.75, 3.05) is 11.5 Å². The molecule has 96 valence electrons. The van der Waals surface area contributed by atoms with E-state index in [4.69, 9.17) is 4.55 Å². The van der Waals surface area contributed by atoms with Gasteiger partial charge in [-0.2, -0.15) is 29.0 Å². The molecule has 0 aromatic heterocycles. The van der Waals surface area contributed by atoms with Crippen molar-refractivity contribution < 1.29 is 21.8 Å². The number of thioether (sulfide) groups is 1. The van der Waals surface area contributed by atoms with Crippen LogP contribution in [0.25, 0.3) is 0 Å². The molecule has 7 heteroatoms. The molecule has 0 bridgehead atoms. The first-order valence-electron chi connectivity index (χ1n) is 5.20. The molecule has 0 aliphatic carbocycles. The number of alkyl halides is 2. The molecule has 0 aromatic carbocycles. The zero-order valence-corrected chi connectivity index (χ0v) is 10.7. The summed E-state index contributed by atoms with van der Waals surface area (Å²) in [6, 6.07) is 0. The van der Waals surface area contributed by atoms with Crippen molar-refractivity contribution in [3.05, 3.63) is 0 Å². The van der Waals surface area contributed by atoms with Gasteiger partial charge >= 0.3 is 15.4 Å². The van der Waals surface area contributed by atoms with Crippen molar-refractivity contribution in [1.82, 2.24) is 0 Å². The molecule has 1 aliphatic heterocycles. The van der Waals surface area contributed by atoms with E-state index >= 15 is 0 Å². The van der Waals surface area contributed by atoms with Gasteiger partial charge in [0, 0.05) is 6.42 Å². The summed E-state index contributed by atoms with van der Waals surface area (Å²) < 4.78 is 55.7. The average Bonchev–Trinajstić information content (AvgIpc) is 2.51. The number of hydrogen-bond acceptors (Lipinski definition) is 3. The predicted octanol–water partition coefficient (Wildman–Crippen LogP) is 2.64. The highest BCUT2D eigenvalue weighted by atomic mass is 32.2. The molecule has 1 N–H and O–H groups in total. The summed E-state index contributed by atoms with van der Waals surface area (Å²) in [6.07, 6.45) is 0.974. The highest BCUT2D eigenvalue weighted by Gasteiger charge is 2.47. The fourth-order valence-corrected chi connectivity index (χ4v) is 3.96. The Labute approximate surface area is 98.7 Å². The molecule has 2 unspecified atom stereocenters. The van der Waals surface area contributed by atoms with E-state index in [1.54, 1.807) is 11.8 Å². The quantitative estimate of drug-likeness (QED) is 0.783. The van der Waals surface area contributed by atoms with E-state index in [-0.39, 0.29) is 11.8 Å². The molecule has 0 spiro atoms. The van der Waals surface area contributed by atoms with Crippen LogP contribution >= 0.6 is 11.8 Å². The Morgan fingerprint density at radius 2 is 1.94 bits per heavy atom. The minimum absolute atomic E-state index is 0.141. The van der Waals surface area contributed by atoms with Crippen LogP contribution in [0.3, 0.4) is 0 Å². The molecule has 1 fully saturated rings. The minimum Gasteiger partial charge on any atom is -0.281 e. The van der Waals surface area contributed by atoms with Crippen LogP contribution < -0.4 is 0 Å². The summed E-state index contributed by atoms with van der Waals surface area (Å²) in [7, 11) is -5.27. The van der Waals surface area contributed by atoms with Crippen LogP contribution in [-0.2, 0) is 10.1 Å². The standard InChI is InChI=1S/C9H16F2O3S2/c1-2-3-7-5-15-6-8(7)4-9(10,11)16(12,13)14/h7-8H,2-6H2,1H3,(H,12,13,14). The zero-order chi connectivity index (χ0) is 12.4. The topological polar surface area (TPSA) is 54.4 Å². The summed E-state index contributed by atoms with van der Waals surface area (Å²) in [5.41, 5.74) is 0. The molecule has 3 nitrogen and oxygen atoms in total. The lowest BCUT2D eigenvalue weighted by Crippen LogP contribution is -2.32. The van der Waals surface area contributed by atoms with Crippen molar-refractivity contribution in [2.24, 2.45) is 11.8 Å². The Morgan fingerprint density at radius 3 is 2.44 bits per heavy atom. The van der Waals surface area contributed by atoms with E-state index in [2.05, 4.69) is 0 Å². The molecular weight excluding hydrogens is 258 g/mol. The Bertz CT molecular complexity index is 330. The molecule has 0 aromatic rings. The second-order valence-corrected chi connectivity index (χ2v) is 6.79. The molecule has 0 saturated carbocycles. The van der Waals surface area contributed by atoms with E-state index in [0.29, 0.717) is 5.75 Å². The third kappa shape index (κ3) is 3.30. The molecule has 1 rings (SSSR count). The Kier molecular flexibility index (Phi) is 4.59. The van der Waals surface area contributed by atoms with Gasteiger partial charge in [-0.25, -0.2) is 0 Å². The van der Waals surface area contributed by atoms with Gasteiger partial charge in [0.25, 0.3) is 0 Å². The van der Waals surface area contributed by atoms with E-state index < -0.39 is 21.8 Å². The Morgan fingerprint density at radius 1 is 1.38 bits per heavy atom. The van der Waals surface area contributed by atoms with Crippen LogP contribution in [-0.4, -0.2) is 29.7 Å². The molecule has 2 atom stereocenters.